The predicted molar refractivity (Wildman–Crippen MR) is 65.4 cm³/mol. The van der Waals surface area contributed by atoms with Crippen LogP contribution in [0, 0.1) is 12.8 Å². The molecule has 0 aliphatic heterocycles. The van der Waals surface area contributed by atoms with Gasteiger partial charge in [-0.15, -0.1) is 0 Å². The second-order valence-electron chi connectivity index (χ2n) is 4.46. The van der Waals surface area contributed by atoms with Crippen LogP contribution in [0.15, 0.2) is 18.2 Å². The summed E-state index contributed by atoms with van der Waals surface area (Å²) in [5.74, 6) is 0.612. The SMILES string of the molecule is Cc1cccc(C(=O)NCCCC(C)C)n1. The van der Waals surface area contributed by atoms with Crippen molar-refractivity contribution in [2.24, 2.45) is 5.92 Å². The number of amides is 1. The molecule has 1 amide bonds. The van der Waals surface area contributed by atoms with E-state index < -0.39 is 0 Å². The summed E-state index contributed by atoms with van der Waals surface area (Å²) in [6, 6.07) is 5.48. The maximum atomic E-state index is 11.7. The van der Waals surface area contributed by atoms with Crippen molar-refractivity contribution >= 4 is 5.91 Å². The maximum Gasteiger partial charge on any atom is 0.269 e. The summed E-state index contributed by atoms with van der Waals surface area (Å²) in [6.07, 6.45) is 2.16. The lowest BCUT2D eigenvalue weighted by molar-refractivity contribution is 0.0947. The minimum absolute atomic E-state index is 0.0764. The maximum absolute atomic E-state index is 11.7. The highest BCUT2D eigenvalue weighted by molar-refractivity contribution is 5.92. The van der Waals surface area contributed by atoms with E-state index in [9.17, 15) is 4.79 Å². The summed E-state index contributed by atoms with van der Waals surface area (Å²) in [4.78, 5) is 15.8. The topological polar surface area (TPSA) is 42.0 Å². The second-order valence-corrected chi connectivity index (χ2v) is 4.46. The summed E-state index contributed by atoms with van der Waals surface area (Å²) in [7, 11) is 0. The van der Waals surface area contributed by atoms with Gasteiger partial charge >= 0.3 is 0 Å². The van der Waals surface area contributed by atoms with Gasteiger partial charge in [0.25, 0.3) is 5.91 Å². The summed E-state index contributed by atoms with van der Waals surface area (Å²) >= 11 is 0. The first kappa shape index (κ1) is 12.7. The van der Waals surface area contributed by atoms with E-state index in [1.165, 1.54) is 0 Å². The lowest BCUT2D eigenvalue weighted by Gasteiger charge is -2.06. The summed E-state index contributed by atoms with van der Waals surface area (Å²) in [6.45, 7) is 6.98. The van der Waals surface area contributed by atoms with Crippen LogP contribution in [-0.4, -0.2) is 17.4 Å². The Hall–Kier alpha value is -1.38. The van der Waals surface area contributed by atoms with Crippen LogP contribution in [-0.2, 0) is 0 Å². The fraction of sp³-hybridized carbons (Fsp3) is 0.538. The van der Waals surface area contributed by atoms with E-state index in [0.717, 1.165) is 25.1 Å². The summed E-state index contributed by atoms with van der Waals surface area (Å²) in [5.41, 5.74) is 1.37. The van der Waals surface area contributed by atoms with E-state index in [4.69, 9.17) is 0 Å². The van der Waals surface area contributed by atoms with Crippen molar-refractivity contribution in [1.82, 2.24) is 10.3 Å². The number of nitrogens with one attached hydrogen (secondary N) is 1. The quantitative estimate of drug-likeness (QED) is 0.775. The van der Waals surface area contributed by atoms with Crippen molar-refractivity contribution in [1.29, 1.82) is 0 Å². The van der Waals surface area contributed by atoms with E-state index in [2.05, 4.69) is 24.1 Å². The van der Waals surface area contributed by atoms with Crippen molar-refractivity contribution < 1.29 is 4.79 Å². The summed E-state index contributed by atoms with van der Waals surface area (Å²) < 4.78 is 0. The van der Waals surface area contributed by atoms with Crippen LogP contribution >= 0.6 is 0 Å². The van der Waals surface area contributed by atoms with Gasteiger partial charge in [0, 0.05) is 12.2 Å². The molecule has 3 nitrogen and oxygen atoms in total. The Labute approximate surface area is 97.3 Å². The molecule has 0 unspecified atom stereocenters. The number of aromatic nitrogens is 1. The zero-order valence-corrected chi connectivity index (χ0v) is 10.3. The molecule has 1 aromatic heterocycles. The first-order valence-corrected chi connectivity index (χ1v) is 5.81. The van der Waals surface area contributed by atoms with Crippen molar-refractivity contribution in [3.63, 3.8) is 0 Å². The van der Waals surface area contributed by atoms with Crippen LogP contribution in [0.4, 0.5) is 0 Å². The molecule has 3 heteroatoms. The molecule has 1 heterocycles. The van der Waals surface area contributed by atoms with Crippen LogP contribution in [0.5, 0.6) is 0 Å². The molecule has 16 heavy (non-hydrogen) atoms. The Morgan fingerprint density at radius 3 is 2.81 bits per heavy atom. The average Bonchev–Trinajstić information content (AvgIpc) is 2.24. The Morgan fingerprint density at radius 1 is 1.44 bits per heavy atom. The van der Waals surface area contributed by atoms with Gasteiger partial charge < -0.3 is 5.32 Å². The highest BCUT2D eigenvalue weighted by atomic mass is 16.1. The molecule has 0 aliphatic rings. The van der Waals surface area contributed by atoms with E-state index in [1.807, 2.05) is 19.1 Å². The van der Waals surface area contributed by atoms with Gasteiger partial charge in [0.15, 0.2) is 0 Å². The Kier molecular flexibility index (Phi) is 4.96. The fourth-order valence-electron chi connectivity index (χ4n) is 1.47. The van der Waals surface area contributed by atoms with Gasteiger partial charge in [-0.25, -0.2) is 4.98 Å². The Morgan fingerprint density at radius 2 is 2.19 bits per heavy atom. The number of aryl methyl sites for hydroxylation is 1. The fourth-order valence-corrected chi connectivity index (χ4v) is 1.47. The molecule has 0 atom stereocenters. The normalized spacial score (nSPS) is 10.5. The average molecular weight is 220 g/mol. The van der Waals surface area contributed by atoms with Gasteiger partial charge in [-0.2, -0.15) is 0 Å². The molecule has 0 aromatic carbocycles. The third kappa shape index (κ3) is 4.43. The molecule has 1 rings (SSSR count). The van der Waals surface area contributed by atoms with Crippen LogP contribution in [0.1, 0.15) is 42.9 Å². The molecule has 0 spiro atoms. The van der Waals surface area contributed by atoms with Crippen molar-refractivity contribution in [2.75, 3.05) is 6.54 Å². The van der Waals surface area contributed by atoms with Crippen LogP contribution in [0.25, 0.3) is 0 Å². The van der Waals surface area contributed by atoms with Gasteiger partial charge in [0.2, 0.25) is 0 Å². The lowest BCUT2D eigenvalue weighted by Crippen LogP contribution is -2.25. The second kappa shape index (κ2) is 6.26. The highest BCUT2D eigenvalue weighted by Crippen LogP contribution is 2.02. The predicted octanol–water partition coefficient (Wildman–Crippen LogP) is 2.56. The first-order chi connectivity index (χ1) is 7.59. The number of carbonyl (C=O) groups excluding carboxylic acids is 1. The molecule has 0 radical (unpaired) electrons. The molecule has 1 N–H and O–H groups in total. The summed E-state index contributed by atoms with van der Waals surface area (Å²) in [5, 5.41) is 2.88. The van der Waals surface area contributed by atoms with Crippen molar-refractivity contribution in [3.8, 4) is 0 Å². The van der Waals surface area contributed by atoms with Gasteiger partial charge in [0.05, 0.1) is 0 Å². The van der Waals surface area contributed by atoms with Crippen molar-refractivity contribution in [3.05, 3.63) is 29.6 Å². The van der Waals surface area contributed by atoms with Crippen LogP contribution < -0.4 is 5.32 Å². The first-order valence-electron chi connectivity index (χ1n) is 5.81. The molecule has 0 saturated carbocycles. The third-order valence-electron chi connectivity index (χ3n) is 2.36. The molecule has 88 valence electrons. The number of carbonyl (C=O) groups is 1. The number of nitrogens with zero attached hydrogens (tertiary/aromatic N) is 1. The molecule has 0 fully saturated rings. The standard InChI is InChI=1S/C13H20N2O/c1-10(2)6-5-9-14-13(16)12-8-4-7-11(3)15-12/h4,7-8,10H,5-6,9H2,1-3H3,(H,14,16). The van der Waals surface area contributed by atoms with Gasteiger partial charge in [-0.3, -0.25) is 4.79 Å². The number of hydrogen-bond acceptors (Lipinski definition) is 2. The van der Waals surface area contributed by atoms with Gasteiger partial charge in [-0.05, 0) is 37.8 Å². The van der Waals surface area contributed by atoms with E-state index >= 15 is 0 Å². The highest BCUT2D eigenvalue weighted by Gasteiger charge is 2.05. The monoisotopic (exact) mass is 220 g/mol. The van der Waals surface area contributed by atoms with Crippen LogP contribution in [0.3, 0.4) is 0 Å². The molecule has 1 aromatic rings. The molecule has 0 aliphatic carbocycles. The number of hydrogen-bond donors (Lipinski definition) is 1. The van der Waals surface area contributed by atoms with E-state index in [1.54, 1.807) is 6.07 Å². The molecule has 0 saturated heterocycles. The lowest BCUT2D eigenvalue weighted by atomic mass is 10.1. The minimum atomic E-state index is -0.0764. The number of rotatable bonds is 5. The third-order valence-corrected chi connectivity index (χ3v) is 2.36. The zero-order chi connectivity index (χ0) is 12.0. The molecular weight excluding hydrogens is 200 g/mol. The van der Waals surface area contributed by atoms with Gasteiger partial charge in [-0.1, -0.05) is 19.9 Å². The molecule has 0 bridgehead atoms. The smallest absolute Gasteiger partial charge is 0.269 e. The van der Waals surface area contributed by atoms with Crippen molar-refractivity contribution in [2.45, 2.75) is 33.6 Å². The minimum Gasteiger partial charge on any atom is -0.351 e. The number of pyridine rings is 1. The van der Waals surface area contributed by atoms with Gasteiger partial charge in [0.1, 0.15) is 5.69 Å². The Bertz CT molecular complexity index is 348. The van der Waals surface area contributed by atoms with E-state index in [0.29, 0.717) is 11.6 Å². The zero-order valence-electron chi connectivity index (χ0n) is 10.3. The largest absolute Gasteiger partial charge is 0.351 e. The Balaban J connectivity index is 2.35. The van der Waals surface area contributed by atoms with Crippen LogP contribution in [0.2, 0.25) is 0 Å². The molecular formula is C13H20N2O. The van der Waals surface area contributed by atoms with E-state index in [-0.39, 0.29) is 5.91 Å².